The van der Waals surface area contributed by atoms with Crippen LogP contribution in [0.3, 0.4) is 0 Å². The molecule has 0 atom stereocenters. The van der Waals surface area contributed by atoms with Crippen molar-refractivity contribution in [1.29, 1.82) is 0 Å². The summed E-state index contributed by atoms with van der Waals surface area (Å²) in [7, 11) is 1.97. The number of fused-ring (bicyclic) bond motifs is 1. The van der Waals surface area contributed by atoms with Gasteiger partial charge in [0, 0.05) is 45.7 Å². The van der Waals surface area contributed by atoms with Crippen LogP contribution in [0.1, 0.15) is 38.2 Å². The molecule has 1 aliphatic heterocycles. The van der Waals surface area contributed by atoms with E-state index in [-0.39, 0.29) is 5.92 Å². The van der Waals surface area contributed by atoms with E-state index in [1.165, 1.54) is 0 Å². The molecule has 25 heavy (non-hydrogen) atoms. The number of nitrogens with one attached hydrogen (secondary N) is 1. The van der Waals surface area contributed by atoms with Crippen molar-refractivity contribution in [2.24, 2.45) is 7.05 Å². The van der Waals surface area contributed by atoms with E-state index in [9.17, 15) is 0 Å². The third-order valence-corrected chi connectivity index (χ3v) is 4.96. The molecule has 3 heterocycles. The van der Waals surface area contributed by atoms with Crippen LogP contribution in [0.4, 0.5) is 5.82 Å². The molecule has 0 radical (unpaired) electrons. The standard InChI is InChI=1S/C17H27N7S/c1-6-18-17(25)24-9-7-23(8-10-24)16-14-13(12(4)21-22(14)5)19-15(20-16)11(2)3/h11H,6-10H2,1-5H3,(H,18,25). The molecule has 1 saturated heterocycles. The highest BCUT2D eigenvalue weighted by molar-refractivity contribution is 7.80. The molecule has 8 heteroatoms. The van der Waals surface area contributed by atoms with Gasteiger partial charge in [-0.3, -0.25) is 4.68 Å². The first kappa shape index (κ1) is 17.8. The van der Waals surface area contributed by atoms with E-state index in [2.05, 4.69) is 41.0 Å². The Balaban J connectivity index is 1.92. The van der Waals surface area contributed by atoms with Gasteiger partial charge in [0.05, 0.1) is 5.69 Å². The maximum Gasteiger partial charge on any atom is 0.169 e. The first-order chi connectivity index (χ1) is 11.9. The average Bonchev–Trinajstić information content (AvgIpc) is 2.89. The van der Waals surface area contributed by atoms with Gasteiger partial charge in [0.15, 0.2) is 10.9 Å². The predicted molar refractivity (Wildman–Crippen MR) is 105 cm³/mol. The zero-order valence-electron chi connectivity index (χ0n) is 15.7. The van der Waals surface area contributed by atoms with Gasteiger partial charge in [-0.15, -0.1) is 0 Å². The van der Waals surface area contributed by atoms with Crippen molar-refractivity contribution in [2.45, 2.75) is 33.6 Å². The molecule has 0 bridgehead atoms. The summed E-state index contributed by atoms with van der Waals surface area (Å²) in [5.41, 5.74) is 2.93. The van der Waals surface area contributed by atoms with Crippen LogP contribution >= 0.6 is 12.2 Å². The molecule has 136 valence electrons. The highest BCUT2D eigenvalue weighted by Crippen LogP contribution is 2.28. The van der Waals surface area contributed by atoms with Gasteiger partial charge in [0.2, 0.25) is 0 Å². The Hall–Kier alpha value is -1.96. The van der Waals surface area contributed by atoms with E-state index in [4.69, 9.17) is 22.2 Å². The van der Waals surface area contributed by atoms with Crippen molar-refractivity contribution in [3.05, 3.63) is 11.5 Å². The van der Waals surface area contributed by atoms with E-state index >= 15 is 0 Å². The van der Waals surface area contributed by atoms with Gasteiger partial charge in [-0.1, -0.05) is 13.8 Å². The third kappa shape index (κ3) is 3.40. The minimum atomic E-state index is 0.283. The lowest BCUT2D eigenvalue weighted by atomic mass is 10.2. The Morgan fingerprint density at radius 3 is 2.48 bits per heavy atom. The summed E-state index contributed by atoms with van der Waals surface area (Å²) in [6, 6.07) is 0. The van der Waals surface area contributed by atoms with Crippen molar-refractivity contribution >= 4 is 34.2 Å². The summed E-state index contributed by atoms with van der Waals surface area (Å²) < 4.78 is 1.90. The number of aryl methyl sites for hydroxylation is 2. The van der Waals surface area contributed by atoms with Gasteiger partial charge < -0.3 is 15.1 Å². The Labute approximate surface area is 154 Å². The molecule has 0 unspecified atom stereocenters. The van der Waals surface area contributed by atoms with Crippen LogP contribution in [0.15, 0.2) is 0 Å². The number of nitrogens with zero attached hydrogens (tertiary/aromatic N) is 6. The van der Waals surface area contributed by atoms with Crippen LogP contribution in [0, 0.1) is 6.92 Å². The lowest BCUT2D eigenvalue weighted by Crippen LogP contribution is -2.52. The number of thiocarbonyl (C=S) groups is 1. The Morgan fingerprint density at radius 2 is 1.88 bits per heavy atom. The number of rotatable bonds is 3. The Morgan fingerprint density at radius 1 is 1.20 bits per heavy atom. The van der Waals surface area contributed by atoms with Gasteiger partial charge in [-0.25, -0.2) is 9.97 Å². The molecule has 0 aromatic carbocycles. The number of hydrogen-bond acceptors (Lipinski definition) is 5. The molecular formula is C17H27N7S. The zero-order chi connectivity index (χ0) is 18.1. The molecule has 3 rings (SSSR count). The normalized spacial score (nSPS) is 15.3. The number of anilines is 1. The predicted octanol–water partition coefficient (Wildman–Crippen LogP) is 1.81. The molecule has 1 aliphatic rings. The van der Waals surface area contributed by atoms with Crippen LogP contribution in [0.5, 0.6) is 0 Å². The fourth-order valence-corrected chi connectivity index (χ4v) is 3.52. The smallest absolute Gasteiger partial charge is 0.169 e. The van der Waals surface area contributed by atoms with Gasteiger partial charge in [-0.05, 0) is 26.1 Å². The first-order valence-corrected chi connectivity index (χ1v) is 9.32. The van der Waals surface area contributed by atoms with Gasteiger partial charge in [-0.2, -0.15) is 5.10 Å². The fraction of sp³-hybridized carbons (Fsp3) is 0.647. The minimum Gasteiger partial charge on any atom is -0.363 e. The summed E-state index contributed by atoms with van der Waals surface area (Å²) in [5.74, 6) is 2.15. The topological polar surface area (TPSA) is 62.1 Å². The second kappa shape index (κ2) is 7.11. The van der Waals surface area contributed by atoms with Crippen molar-refractivity contribution in [3.63, 3.8) is 0 Å². The minimum absolute atomic E-state index is 0.283. The molecule has 0 amide bonds. The number of aromatic nitrogens is 4. The maximum absolute atomic E-state index is 5.44. The summed E-state index contributed by atoms with van der Waals surface area (Å²) in [6.45, 7) is 12.8. The maximum atomic E-state index is 5.44. The van der Waals surface area contributed by atoms with Crippen molar-refractivity contribution in [2.75, 3.05) is 37.6 Å². The van der Waals surface area contributed by atoms with Crippen LogP contribution in [0.2, 0.25) is 0 Å². The van der Waals surface area contributed by atoms with Gasteiger partial charge >= 0.3 is 0 Å². The lowest BCUT2D eigenvalue weighted by Gasteiger charge is -2.37. The van der Waals surface area contributed by atoms with Crippen LogP contribution in [-0.4, -0.2) is 62.5 Å². The van der Waals surface area contributed by atoms with Gasteiger partial charge in [0.1, 0.15) is 16.9 Å². The van der Waals surface area contributed by atoms with E-state index in [1.807, 2.05) is 18.7 Å². The number of piperazine rings is 1. The fourth-order valence-electron chi connectivity index (χ4n) is 3.20. The van der Waals surface area contributed by atoms with E-state index in [0.29, 0.717) is 0 Å². The molecule has 0 aliphatic carbocycles. The molecule has 2 aromatic rings. The van der Waals surface area contributed by atoms with E-state index in [1.54, 1.807) is 0 Å². The average molecular weight is 362 g/mol. The molecule has 0 spiro atoms. The van der Waals surface area contributed by atoms with Crippen molar-refractivity contribution < 1.29 is 0 Å². The summed E-state index contributed by atoms with van der Waals surface area (Å²) in [4.78, 5) is 14.2. The molecule has 2 aromatic heterocycles. The quantitative estimate of drug-likeness (QED) is 0.837. The Bertz CT molecular complexity index is 775. The van der Waals surface area contributed by atoms with Crippen LogP contribution in [0.25, 0.3) is 11.0 Å². The van der Waals surface area contributed by atoms with Crippen molar-refractivity contribution in [1.82, 2.24) is 30.0 Å². The highest BCUT2D eigenvalue weighted by atomic mass is 32.1. The first-order valence-electron chi connectivity index (χ1n) is 8.91. The van der Waals surface area contributed by atoms with Gasteiger partial charge in [0.25, 0.3) is 0 Å². The monoisotopic (exact) mass is 361 g/mol. The summed E-state index contributed by atoms with van der Waals surface area (Å²) in [6.07, 6.45) is 0. The second-order valence-electron chi connectivity index (χ2n) is 6.78. The largest absolute Gasteiger partial charge is 0.363 e. The second-order valence-corrected chi connectivity index (χ2v) is 7.16. The molecule has 7 nitrogen and oxygen atoms in total. The number of hydrogen-bond donors (Lipinski definition) is 1. The lowest BCUT2D eigenvalue weighted by molar-refractivity contribution is 0.380. The summed E-state index contributed by atoms with van der Waals surface area (Å²) >= 11 is 5.44. The van der Waals surface area contributed by atoms with Crippen molar-refractivity contribution in [3.8, 4) is 0 Å². The van der Waals surface area contributed by atoms with Crippen LogP contribution in [-0.2, 0) is 7.05 Å². The van der Waals surface area contributed by atoms with Crippen LogP contribution < -0.4 is 10.2 Å². The molecule has 1 fully saturated rings. The molecule has 1 N–H and O–H groups in total. The SMILES string of the molecule is CCNC(=S)N1CCN(c2nc(C(C)C)nc3c(C)nn(C)c23)CC1. The molecular weight excluding hydrogens is 334 g/mol. The zero-order valence-corrected chi connectivity index (χ0v) is 16.5. The molecule has 0 saturated carbocycles. The van der Waals surface area contributed by atoms with E-state index in [0.717, 1.165) is 66.2 Å². The highest BCUT2D eigenvalue weighted by Gasteiger charge is 2.25. The Kier molecular flexibility index (Phi) is 5.08. The summed E-state index contributed by atoms with van der Waals surface area (Å²) in [5, 5.41) is 8.64. The third-order valence-electron chi connectivity index (χ3n) is 4.56. The van der Waals surface area contributed by atoms with E-state index < -0.39 is 0 Å².